The van der Waals surface area contributed by atoms with Crippen molar-refractivity contribution >= 4 is 32.1 Å². The molecule has 0 saturated carbocycles. The van der Waals surface area contributed by atoms with E-state index in [0.717, 1.165) is 11.3 Å². The fourth-order valence-corrected chi connectivity index (χ4v) is 2.25. The molecule has 0 aliphatic carbocycles. The lowest BCUT2D eigenvalue weighted by molar-refractivity contribution is 0.486. The van der Waals surface area contributed by atoms with E-state index < -0.39 is 10.1 Å². The Morgan fingerprint density at radius 1 is 1.45 bits per heavy atom. The number of anilines is 2. The Bertz CT molecular complexity index is 367. The van der Waals surface area contributed by atoms with Gasteiger partial charge in [0.25, 0.3) is 0 Å². The summed E-state index contributed by atoms with van der Waals surface area (Å²) in [6, 6.07) is 1.29. The monoisotopic (exact) mass is 194 g/mol. The van der Waals surface area contributed by atoms with Gasteiger partial charge in [0, 0.05) is 0 Å². The fourth-order valence-electron chi connectivity index (χ4n) is 0.609. The predicted molar refractivity (Wildman–Crippen MR) is 43.0 cm³/mol. The van der Waals surface area contributed by atoms with Crippen molar-refractivity contribution in [2.24, 2.45) is 0 Å². The molecule has 11 heavy (non-hydrogen) atoms. The SMILES string of the molecule is Nc1cc(N)c(S(=O)(=O)O)s1. The molecule has 0 spiro atoms. The first-order chi connectivity index (χ1) is 4.91. The quantitative estimate of drug-likeness (QED) is 0.552. The third-order valence-electron chi connectivity index (χ3n) is 0.978. The molecule has 5 N–H and O–H groups in total. The molecule has 0 bridgehead atoms. The highest BCUT2D eigenvalue weighted by Gasteiger charge is 2.16. The Hall–Kier alpha value is -0.790. The first-order valence-corrected chi connectivity index (χ1v) is 4.79. The van der Waals surface area contributed by atoms with Crippen molar-refractivity contribution < 1.29 is 13.0 Å². The van der Waals surface area contributed by atoms with Gasteiger partial charge in [0.2, 0.25) is 0 Å². The van der Waals surface area contributed by atoms with Crippen molar-refractivity contribution in [1.82, 2.24) is 0 Å². The number of rotatable bonds is 1. The van der Waals surface area contributed by atoms with Gasteiger partial charge in [-0.25, -0.2) is 0 Å². The lowest BCUT2D eigenvalue weighted by Gasteiger charge is -1.90. The zero-order valence-electron chi connectivity index (χ0n) is 5.31. The first-order valence-electron chi connectivity index (χ1n) is 2.53. The summed E-state index contributed by atoms with van der Waals surface area (Å²) >= 11 is 0.736. The molecule has 5 nitrogen and oxygen atoms in total. The van der Waals surface area contributed by atoms with Crippen LogP contribution in [-0.2, 0) is 10.1 Å². The molecule has 0 unspecified atom stereocenters. The lowest BCUT2D eigenvalue weighted by Crippen LogP contribution is -1.98. The second-order valence-electron chi connectivity index (χ2n) is 1.87. The number of thiophene rings is 1. The molecule has 1 heterocycles. The lowest BCUT2D eigenvalue weighted by atomic mass is 10.5. The van der Waals surface area contributed by atoms with E-state index in [0.29, 0.717) is 0 Å². The van der Waals surface area contributed by atoms with Gasteiger partial charge in [0.05, 0.1) is 10.7 Å². The Kier molecular flexibility index (Phi) is 1.78. The van der Waals surface area contributed by atoms with E-state index in [-0.39, 0.29) is 14.9 Å². The van der Waals surface area contributed by atoms with E-state index in [4.69, 9.17) is 16.0 Å². The zero-order chi connectivity index (χ0) is 8.65. The second-order valence-corrected chi connectivity index (χ2v) is 4.57. The zero-order valence-corrected chi connectivity index (χ0v) is 6.95. The van der Waals surface area contributed by atoms with Crippen molar-refractivity contribution in [1.29, 1.82) is 0 Å². The van der Waals surface area contributed by atoms with Crippen LogP contribution in [0.2, 0.25) is 0 Å². The van der Waals surface area contributed by atoms with Crippen LogP contribution >= 0.6 is 11.3 Å². The van der Waals surface area contributed by atoms with Crippen LogP contribution in [0.15, 0.2) is 10.3 Å². The van der Waals surface area contributed by atoms with Crippen molar-refractivity contribution in [3.63, 3.8) is 0 Å². The Morgan fingerprint density at radius 2 is 2.00 bits per heavy atom. The van der Waals surface area contributed by atoms with E-state index in [2.05, 4.69) is 0 Å². The van der Waals surface area contributed by atoms with Crippen LogP contribution in [0.4, 0.5) is 10.7 Å². The second kappa shape index (κ2) is 2.36. The van der Waals surface area contributed by atoms with Crippen molar-refractivity contribution in [2.75, 3.05) is 11.5 Å². The maximum atomic E-state index is 10.5. The standard InChI is InChI=1S/C4H6N2O3S2/c5-2-1-3(6)10-4(2)11(7,8)9/h1H,5-6H2,(H,7,8,9). The van der Waals surface area contributed by atoms with E-state index in [1.807, 2.05) is 0 Å². The maximum Gasteiger partial charge on any atom is 0.306 e. The summed E-state index contributed by atoms with van der Waals surface area (Å²) in [4.78, 5) is 0. The highest BCUT2D eigenvalue weighted by molar-refractivity contribution is 7.88. The molecule has 1 aromatic heterocycles. The summed E-state index contributed by atoms with van der Waals surface area (Å²) in [5.41, 5.74) is 10.4. The predicted octanol–water partition coefficient (Wildman–Crippen LogP) is 0.159. The Balaban J connectivity index is 3.36. The molecule has 62 valence electrons. The largest absolute Gasteiger partial charge is 0.397 e. The van der Waals surface area contributed by atoms with E-state index in [1.165, 1.54) is 6.07 Å². The van der Waals surface area contributed by atoms with Gasteiger partial charge in [-0.1, -0.05) is 0 Å². The minimum absolute atomic E-state index is 0.0185. The van der Waals surface area contributed by atoms with Crippen LogP contribution < -0.4 is 11.5 Å². The summed E-state index contributed by atoms with van der Waals surface area (Å²) in [5, 5.41) is 0.259. The molecule has 0 saturated heterocycles. The molecule has 7 heteroatoms. The number of nitrogens with two attached hydrogens (primary N) is 2. The minimum Gasteiger partial charge on any atom is -0.397 e. The summed E-state index contributed by atoms with van der Waals surface area (Å²) in [7, 11) is -4.20. The van der Waals surface area contributed by atoms with Crippen molar-refractivity contribution in [3.8, 4) is 0 Å². The number of hydrogen-bond donors (Lipinski definition) is 3. The van der Waals surface area contributed by atoms with E-state index in [9.17, 15) is 8.42 Å². The van der Waals surface area contributed by atoms with Crippen molar-refractivity contribution in [3.05, 3.63) is 6.07 Å². The maximum absolute atomic E-state index is 10.5. The van der Waals surface area contributed by atoms with Gasteiger partial charge in [-0.3, -0.25) is 4.55 Å². The molecule has 0 radical (unpaired) electrons. The topological polar surface area (TPSA) is 106 Å². The Morgan fingerprint density at radius 3 is 2.18 bits per heavy atom. The van der Waals surface area contributed by atoms with Crippen molar-refractivity contribution in [2.45, 2.75) is 4.21 Å². The molecule has 0 aliphatic heterocycles. The Labute approximate surface area is 67.4 Å². The highest BCUT2D eigenvalue weighted by atomic mass is 32.3. The van der Waals surface area contributed by atoms with Gasteiger partial charge >= 0.3 is 10.1 Å². The van der Waals surface area contributed by atoms with Gasteiger partial charge in [0.1, 0.15) is 0 Å². The normalized spacial score (nSPS) is 11.7. The smallest absolute Gasteiger partial charge is 0.306 e. The first kappa shape index (κ1) is 8.31. The molecule has 1 rings (SSSR count). The molecule has 0 aliphatic rings. The van der Waals surface area contributed by atoms with Crippen LogP contribution in [0.25, 0.3) is 0 Å². The average molecular weight is 194 g/mol. The average Bonchev–Trinajstić information content (AvgIpc) is 2.08. The third kappa shape index (κ3) is 1.62. The molecule has 0 atom stereocenters. The number of hydrogen-bond acceptors (Lipinski definition) is 5. The van der Waals surface area contributed by atoms with Crippen LogP contribution in [-0.4, -0.2) is 13.0 Å². The summed E-state index contributed by atoms with van der Waals surface area (Å²) < 4.78 is 29.2. The molecule has 0 aromatic carbocycles. The van der Waals surface area contributed by atoms with Crippen LogP contribution in [0, 0.1) is 0 Å². The fraction of sp³-hybridized carbons (Fsp3) is 0. The summed E-state index contributed by atoms with van der Waals surface area (Å²) in [5.74, 6) is 0. The van der Waals surface area contributed by atoms with Gasteiger partial charge in [-0.15, -0.1) is 11.3 Å². The van der Waals surface area contributed by atoms with Gasteiger partial charge in [-0.05, 0) is 6.07 Å². The van der Waals surface area contributed by atoms with E-state index in [1.54, 1.807) is 0 Å². The summed E-state index contributed by atoms with van der Waals surface area (Å²) in [6.45, 7) is 0. The molecule has 0 amide bonds. The number of nitrogen functional groups attached to an aromatic ring is 2. The molecule has 1 aromatic rings. The third-order valence-corrected chi connectivity index (χ3v) is 3.34. The van der Waals surface area contributed by atoms with Crippen LogP contribution in [0.1, 0.15) is 0 Å². The molecular formula is C4H6N2O3S2. The highest BCUT2D eigenvalue weighted by Crippen LogP contribution is 2.30. The van der Waals surface area contributed by atoms with Gasteiger partial charge in [-0.2, -0.15) is 8.42 Å². The molecule has 0 fully saturated rings. The summed E-state index contributed by atoms with van der Waals surface area (Å²) in [6.07, 6.45) is 0. The molecular weight excluding hydrogens is 188 g/mol. The minimum atomic E-state index is -4.20. The van der Waals surface area contributed by atoms with Crippen LogP contribution in [0.5, 0.6) is 0 Å². The van der Waals surface area contributed by atoms with E-state index >= 15 is 0 Å². The van der Waals surface area contributed by atoms with Crippen LogP contribution in [0.3, 0.4) is 0 Å². The van der Waals surface area contributed by atoms with Gasteiger partial charge < -0.3 is 11.5 Å². The van der Waals surface area contributed by atoms with Gasteiger partial charge in [0.15, 0.2) is 4.21 Å².